The van der Waals surface area contributed by atoms with Crippen molar-refractivity contribution in [1.82, 2.24) is 5.32 Å². The molecule has 1 amide bonds. The van der Waals surface area contributed by atoms with Gasteiger partial charge in [-0.1, -0.05) is 18.2 Å². The van der Waals surface area contributed by atoms with Gasteiger partial charge in [0.1, 0.15) is 0 Å². The van der Waals surface area contributed by atoms with Crippen molar-refractivity contribution in [3.8, 4) is 0 Å². The number of carbonyl (C=O) groups is 1. The third-order valence-electron chi connectivity index (χ3n) is 1.87. The van der Waals surface area contributed by atoms with E-state index in [0.29, 0.717) is 0 Å². The first kappa shape index (κ1) is 9.74. The summed E-state index contributed by atoms with van der Waals surface area (Å²) in [5.41, 5.74) is 0.828. The molecule has 0 bridgehead atoms. The molecule has 0 aliphatic carbocycles. The monoisotopic (exact) mass is 178 g/mol. The van der Waals surface area contributed by atoms with Gasteiger partial charge in [0.05, 0.1) is 6.04 Å². The lowest BCUT2D eigenvalue weighted by Gasteiger charge is -2.10. The molecule has 2 N–H and O–H groups in total. The van der Waals surface area contributed by atoms with E-state index in [-0.39, 0.29) is 11.9 Å². The summed E-state index contributed by atoms with van der Waals surface area (Å²) in [5.74, 6) is -0.0197. The normalized spacial score (nSPS) is 12.2. The number of anilines is 1. The molecule has 1 aromatic carbocycles. The lowest BCUT2D eigenvalue weighted by Crippen LogP contribution is -2.35. The smallest absolute Gasteiger partial charge is 0.241 e. The highest BCUT2D eigenvalue weighted by molar-refractivity contribution is 5.94. The molecule has 0 aliphatic rings. The standard InChI is InChI=1S/C10H14N2O/c1-8(11-2)10(13)12-9-6-4-3-5-7-9/h3-8,11H,1-2H3,(H,12,13)/t8-/m0/s1. The summed E-state index contributed by atoms with van der Waals surface area (Å²) < 4.78 is 0. The van der Waals surface area contributed by atoms with Gasteiger partial charge in [0.15, 0.2) is 0 Å². The second kappa shape index (κ2) is 4.62. The minimum Gasteiger partial charge on any atom is -0.325 e. The first-order chi connectivity index (χ1) is 6.24. The van der Waals surface area contributed by atoms with E-state index < -0.39 is 0 Å². The predicted molar refractivity (Wildman–Crippen MR) is 53.6 cm³/mol. The molecule has 0 spiro atoms. The van der Waals surface area contributed by atoms with Gasteiger partial charge < -0.3 is 10.6 Å². The van der Waals surface area contributed by atoms with Crippen LogP contribution < -0.4 is 10.6 Å². The Hall–Kier alpha value is -1.35. The molecule has 1 aromatic rings. The largest absolute Gasteiger partial charge is 0.325 e. The Bertz CT molecular complexity index is 272. The SMILES string of the molecule is CN[C@@H](C)C(=O)Nc1ccccc1. The van der Waals surface area contributed by atoms with Gasteiger partial charge in [-0.2, -0.15) is 0 Å². The average molecular weight is 178 g/mol. The number of amides is 1. The van der Waals surface area contributed by atoms with Crippen molar-refractivity contribution >= 4 is 11.6 Å². The van der Waals surface area contributed by atoms with Crippen LogP contribution in [-0.4, -0.2) is 19.0 Å². The maximum Gasteiger partial charge on any atom is 0.241 e. The van der Waals surface area contributed by atoms with Crippen molar-refractivity contribution in [3.05, 3.63) is 30.3 Å². The average Bonchev–Trinajstić information content (AvgIpc) is 2.18. The van der Waals surface area contributed by atoms with E-state index in [9.17, 15) is 4.79 Å². The van der Waals surface area contributed by atoms with E-state index in [0.717, 1.165) is 5.69 Å². The molecule has 1 atom stereocenters. The van der Waals surface area contributed by atoms with Crippen molar-refractivity contribution in [2.45, 2.75) is 13.0 Å². The van der Waals surface area contributed by atoms with Crippen LogP contribution in [0.3, 0.4) is 0 Å². The molecule has 0 heterocycles. The molecule has 0 unspecified atom stereocenters. The number of rotatable bonds is 3. The van der Waals surface area contributed by atoms with Crippen LogP contribution in [0.2, 0.25) is 0 Å². The van der Waals surface area contributed by atoms with Crippen molar-refractivity contribution < 1.29 is 4.79 Å². The fourth-order valence-corrected chi connectivity index (χ4v) is 0.903. The van der Waals surface area contributed by atoms with Crippen LogP contribution in [0.1, 0.15) is 6.92 Å². The first-order valence-corrected chi connectivity index (χ1v) is 4.27. The van der Waals surface area contributed by atoms with E-state index in [4.69, 9.17) is 0 Å². The van der Waals surface area contributed by atoms with Crippen molar-refractivity contribution in [2.24, 2.45) is 0 Å². The van der Waals surface area contributed by atoms with Crippen molar-refractivity contribution in [3.63, 3.8) is 0 Å². The quantitative estimate of drug-likeness (QED) is 0.731. The van der Waals surface area contributed by atoms with Gasteiger partial charge in [-0.25, -0.2) is 0 Å². The summed E-state index contributed by atoms with van der Waals surface area (Å²) in [7, 11) is 1.76. The molecule has 0 radical (unpaired) electrons. The second-order valence-electron chi connectivity index (χ2n) is 2.87. The zero-order chi connectivity index (χ0) is 9.68. The van der Waals surface area contributed by atoms with Gasteiger partial charge in [-0.15, -0.1) is 0 Å². The topological polar surface area (TPSA) is 41.1 Å². The number of carbonyl (C=O) groups excluding carboxylic acids is 1. The van der Waals surface area contributed by atoms with Crippen LogP contribution in [0.5, 0.6) is 0 Å². The minimum atomic E-state index is -0.166. The van der Waals surface area contributed by atoms with Gasteiger partial charge in [0, 0.05) is 5.69 Å². The number of para-hydroxylation sites is 1. The zero-order valence-electron chi connectivity index (χ0n) is 7.87. The van der Waals surface area contributed by atoms with Crippen molar-refractivity contribution in [1.29, 1.82) is 0 Å². The van der Waals surface area contributed by atoms with Crippen LogP contribution >= 0.6 is 0 Å². The summed E-state index contributed by atoms with van der Waals surface area (Å²) in [4.78, 5) is 11.4. The highest BCUT2D eigenvalue weighted by Gasteiger charge is 2.08. The van der Waals surface area contributed by atoms with Gasteiger partial charge >= 0.3 is 0 Å². The lowest BCUT2D eigenvalue weighted by molar-refractivity contribution is -0.117. The molecule has 3 heteroatoms. The highest BCUT2D eigenvalue weighted by atomic mass is 16.2. The first-order valence-electron chi connectivity index (χ1n) is 4.27. The molecule has 0 saturated heterocycles. The van der Waals surface area contributed by atoms with Gasteiger partial charge in [-0.05, 0) is 26.1 Å². The maximum atomic E-state index is 11.4. The maximum absolute atomic E-state index is 11.4. The van der Waals surface area contributed by atoms with E-state index >= 15 is 0 Å². The predicted octanol–water partition coefficient (Wildman–Crippen LogP) is 1.23. The fourth-order valence-electron chi connectivity index (χ4n) is 0.903. The molecule has 13 heavy (non-hydrogen) atoms. The molecule has 1 rings (SSSR count). The Labute approximate surface area is 78.2 Å². The Kier molecular flexibility index (Phi) is 3.46. The molecular weight excluding hydrogens is 164 g/mol. The second-order valence-corrected chi connectivity index (χ2v) is 2.87. The zero-order valence-corrected chi connectivity index (χ0v) is 7.87. The van der Waals surface area contributed by atoms with Crippen molar-refractivity contribution in [2.75, 3.05) is 12.4 Å². The molecule has 0 saturated carbocycles. The van der Waals surface area contributed by atoms with Gasteiger partial charge in [0.25, 0.3) is 0 Å². The van der Waals surface area contributed by atoms with Gasteiger partial charge in [0.2, 0.25) is 5.91 Å². The molecular formula is C10H14N2O. The Balaban J connectivity index is 2.55. The van der Waals surface area contributed by atoms with Crippen LogP contribution in [0.15, 0.2) is 30.3 Å². The Morgan fingerprint density at radius 1 is 1.31 bits per heavy atom. The summed E-state index contributed by atoms with van der Waals surface area (Å²) in [5, 5.41) is 5.66. The lowest BCUT2D eigenvalue weighted by atomic mass is 10.3. The van der Waals surface area contributed by atoms with Crippen LogP contribution in [0.25, 0.3) is 0 Å². The number of benzene rings is 1. The summed E-state index contributed by atoms with van der Waals surface area (Å²) in [6.07, 6.45) is 0. The fraction of sp³-hybridized carbons (Fsp3) is 0.300. The van der Waals surface area contributed by atoms with E-state index in [1.165, 1.54) is 0 Å². The van der Waals surface area contributed by atoms with E-state index in [1.807, 2.05) is 37.3 Å². The van der Waals surface area contributed by atoms with Crippen LogP contribution in [0, 0.1) is 0 Å². The number of hydrogen-bond acceptors (Lipinski definition) is 2. The summed E-state index contributed by atoms with van der Waals surface area (Å²) >= 11 is 0. The minimum absolute atomic E-state index is 0.0197. The Morgan fingerprint density at radius 2 is 1.92 bits per heavy atom. The van der Waals surface area contributed by atoms with Crippen LogP contribution in [0.4, 0.5) is 5.69 Å². The van der Waals surface area contributed by atoms with Crippen LogP contribution in [-0.2, 0) is 4.79 Å². The number of hydrogen-bond donors (Lipinski definition) is 2. The summed E-state index contributed by atoms with van der Waals surface area (Å²) in [6.45, 7) is 1.82. The number of nitrogens with one attached hydrogen (secondary N) is 2. The molecule has 3 nitrogen and oxygen atoms in total. The highest BCUT2D eigenvalue weighted by Crippen LogP contribution is 2.04. The molecule has 70 valence electrons. The Morgan fingerprint density at radius 3 is 2.46 bits per heavy atom. The molecule has 0 aromatic heterocycles. The molecule has 0 aliphatic heterocycles. The number of likely N-dealkylation sites (N-methyl/N-ethyl adjacent to an activating group) is 1. The third kappa shape index (κ3) is 2.87. The van der Waals surface area contributed by atoms with E-state index in [2.05, 4.69) is 10.6 Å². The molecule has 0 fully saturated rings. The van der Waals surface area contributed by atoms with Gasteiger partial charge in [-0.3, -0.25) is 4.79 Å². The summed E-state index contributed by atoms with van der Waals surface area (Å²) in [6, 6.07) is 9.25. The third-order valence-corrected chi connectivity index (χ3v) is 1.87. The van der Waals surface area contributed by atoms with E-state index in [1.54, 1.807) is 7.05 Å².